The highest BCUT2D eigenvalue weighted by atomic mass is 19.1. The lowest BCUT2D eigenvalue weighted by molar-refractivity contribution is 0.0685. The number of aromatic hydroxyl groups is 1. The fourth-order valence-corrected chi connectivity index (χ4v) is 0.738. The van der Waals surface area contributed by atoms with Gasteiger partial charge in [0, 0.05) is 0 Å². The van der Waals surface area contributed by atoms with E-state index in [4.69, 9.17) is 10.2 Å². The van der Waals surface area contributed by atoms with Crippen molar-refractivity contribution in [3.05, 3.63) is 29.3 Å². The molecule has 64 valence electrons. The topological polar surface area (TPSA) is 57.5 Å². The van der Waals surface area contributed by atoms with Crippen LogP contribution in [0.15, 0.2) is 12.1 Å². The van der Waals surface area contributed by atoms with Gasteiger partial charge in [-0.1, -0.05) is 0 Å². The monoisotopic (exact) mass is 174 g/mol. The second-order valence-electron chi connectivity index (χ2n) is 2.06. The van der Waals surface area contributed by atoms with Crippen LogP contribution in [0.1, 0.15) is 10.4 Å². The van der Waals surface area contributed by atoms with Gasteiger partial charge in [0.15, 0.2) is 11.6 Å². The zero-order chi connectivity index (χ0) is 9.30. The van der Waals surface area contributed by atoms with Gasteiger partial charge in [0.25, 0.3) is 0 Å². The minimum absolute atomic E-state index is 0.682. The summed E-state index contributed by atoms with van der Waals surface area (Å²) in [5.74, 6) is -5.30. The van der Waals surface area contributed by atoms with Gasteiger partial charge in [0.05, 0.1) is 0 Å². The van der Waals surface area contributed by atoms with Crippen LogP contribution < -0.4 is 0 Å². The fourth-order valence-electron chi connectivity index (χ4n) is 0.738. The molecule has 2 N–H and O–H groups in total. The number of hydrogen-bond acceptors (Lipinski definition) is 2. The molecular weight excluding hydrogens is 170 g/mol. The van der Waals surface area contributed by atoms with Gasteiger partial charge >= 0.3 is 5.97 Å². The third-order valence-corrected chi connectivity index (χ3v) is 1.28. The van der Waals surface area contributed by atoms with Crippen LogP contribution in [0.2, 0.25) is 0 Å². The molecule has 1 aromatic carbocycles. The van der Waals surface area contributed by atoms with Crippen LogP contribution in [0.3, 0.4) is 0 Å². The molecule has 0 saturated heterocycles. The van der Waals surface area contributed by atoms with Gasteiger partial charge in [-0.3, -0.25) is 0 Å². The average molecular weight is 174 g/mol. The van der Waals surface area contributed by atoms with Crippen molar-refractivity contribution >= 4 is 5.97 Å². The van der Waals surface area contributed by atoms with Crippen molar-refractivity contribution in [2.45, 2.75) is 0 Å². The molecule has 0 saturated carbocycles. The van der Waals surface area contributed by atoms with Crippen molar-refractivity contribution < 1.29 is 23.8 Å². The quantitative estimate of drug-likeness (QED) is 0.675. The Bertz CT molecular complexity index is 336. The Labute approximate surface area is 65.9 Å². The highest BCUT2D eigenvalue weighted by molar-refractivity contribution is 5.88. The summed E-state index contributed by atoms with van der Waals surface area (Å²) in [5.41, 5.74) is -1.14. The van der Waals surface area contributed by atoms with Crippen LogP contribution in [-0.2, 0) is 0 Å². The maximum absolute atomic E-state index is 12.6. The molecule has 1 rings (SSSR count). The zero-order valence-corrected chi connectivity index (χ0v) is 5.71. The summed E-state index contributed by atoms with van der Waals surface area (Å²) in [6.45, 7) is 0. The molecule has 5 heteroatoms. The summed E-state index contributed by atoms with van der Waals surface area (Å²) in [7, 11) is 0. The summed E-state index contributed by atoms with van der Waals surface area (Å²) in [6.07, 6.45) is 0. The lowest BCUT2D eigenvalue weighted by Gasteiger charge is -2.00. The molecule has 0 aliphatic carbocycles. The molecule has 0 amide bonds. The Hall–Kier alpha value is -1.65. The van der Waals surface area contributed by atoms with Crippen LogP contribution in [-0.4, -0.2) is 16.2 Å². The van der Waals surface area contributed by atoms with E-state index in [0.717, 1.165) is 6.07 Å². The molecule has 0 fully saturated rings. The Morgan fingerprint density at radius 1 is 1.33 bits per heavy atom. The largest absolute Gasteiger partial charge is 0.505 e. The second kappa shape index (κ2) is 2.77. The third kappa shape index (κ3) is 1.20. The molecule has 0 spiro atoms. The molecule has 0 bridgehead atoms. The van der Waals surface area contributed by atoms with Crippen LogP contribution in [0.25, 0.3) is 0 Å². The first kappa shape index (κ1) is 8.45. The summed E-state index contributed by atoms with van der Waals surface area (Å²) in [4.78, 5) is 10.2. The molecule has 0 heterocycles. The molecule has 0 aliphatic heterocycles. The predicted octanol–water partition coefficient (Wildman–Crippen LogP) is 1.37. The van der Waals surface area contributed by atoms with Crippen molar-refractivity contribution in [2.24, 2.45) is 0 Å². The van der Waals surface area contributed by atoms with E-state index in [1.54, 1.807) is 0 Å². The second-order valence-corrected chi connectivity index (χ2v) is 2.06. The highest BCUT2D eigenvalue weighted by Gasteiger charge is 2.18. The van der Waals surface area contributed by atoms with Gasteiger partial charge in [-0.2, -0.15) is 0 Å². The van der Waals surface area contributed by atoms with Crippen molar-refractivity contribution in [2.75, 3.05) is 0 Å². The number of phenolic OH excluding ortho intramolecular Hbond substituents is 1. The normalized spacial score (nSPS) is 9.83. The minimum Gasteiger partial charge on any atom is -0.505 e. The van der Waals surface area contributed by atoms with Crippen molar-refractivity contribution in [1.82, 2.24) is 0 Å². The van der Waals surface area contributed by atoms with Crippen LogP contribution >= 0.6 is 0 Å². The van der Waals surface area contributed by atoms with E-state index < -0.39 is 28.9 Å². The predicted molar refractivity (Wildman–Crippen MR) is 35.0 cm³/mol. The number of halogens is 2. The van der Waals surface area contributed by atoms with Crippen molar-refractivity contribution in [3.8, 4) is 5.75 Å². The standard InChI is InChI=1S/C7H4F2O3/c8-3-1-2-4(10)6(9)5(3)7(11)12/h1-2,10H,(H,11,12). The van der Waals surface area contributed by atoms with Crippen LogP contribution in [0.5, 0.6) is 5.75 Å². The molecule has 0 aliphatic rings. The van der Waals surface area contributed by atoms with Gasteiger partial charge in [0.1, 0.15) is 11.4 Å². The van der Waals surface area contributed by atoms with Crippen LogP contribution in [0.4, 0.5) is 8.78 Å². The number of carboxylic acids is 1. The van der Waals surface area contributed by atoms with E-state index in [1.807, 2.05) is 0 Å². The molecule has 0 unspecified atom stereocenters. The minimum atomic E-state index is -1.75. The Morgan fingerprint density at radius 3 is 2.33 bits per heavy atom. The molecule has 3 nitrogen and oxygen atoms in total. The molecular formula is C7H4F2O3. The van der Waals surface area contributed by atoms with E-state index in [9.17, 15) is 13.6 Å². The average Bonchev–Trinajstić information content (AvgIpc) is 1.97. The van der Waals surface area contributed by atoms with E-state index in [-0.39, 0.29) is 0 Å². The fraction of sp³-hybridized carbons (Fsp3) is 0. The highest BCUT2D eigenvalue weighted by Crippen LogP contribution is 2.21. The Kier molecular flexibility index (Phi) is 1.95. The first-order chi connectivity index (χ1) is 5.54. The molecule has 12 heavy (non-hydrogen) atoms. The van der Waals surface area contributed by atoms with Crippen molar-refractivity contribution in [1.29, 1.82) is 0 Å². The first-order valence-electron chi connectivity index (χ1n) is 2.94. The van der Waals surface area contributed by atoms with Gasteiger partial charge < -0.3 is 10.2 Å². The molecule has 0 atom stereocenters. The van der Waals surface area contributed by atoms with E-state index in [1.165, 1.54) is 0 Å². The van der Waals surface area contributed by atoms with E-state index in [2.05, 4.69) is 0 Å². The summed E-state index contributed by atoms with van der Waals surface area (Å²) in [5, 5.41) is 16.9. The lowest BCUT2D eigenvalue weighted by atomic mass is 10.2. The number of carboxylic acid groups (broad SMARTS) is 1. The summed E-state index contributed by atoms with van der Waals surface area (Å²) >= 11 is 0. The lowest BCUT2D eigenvalue weighted by Crippen LogP contribution is -2.04. The third-order valence-electron chi connectivity index (χ3n) is 1.28. The zero-order valence-electron chi connectivity index (χ0n) is 5.71. The summed E-state index contributed by atoms with van der Waals surface area (Å²) < 4.78 is 25.2. The maximum Gasteiger partial charge on any atom is 0.341 e. The number of aromatic carboxylic acids is 1. The number of carbonyl (C=O) groups is 1. The van der Waals surface area contributed by atoms with Gasteiger partial charge in [-0.15, -0.1) is 0 Å². The Morgan fingerprint density at radius 2 is 1.92 bits per heavy atom. The number of rotatable bonds is 1. The van der Waals surface area contributed by atoms with Gasteiger partial charge in [0.2, 0.25) is 0 Å². The molecule has 1 aromatic rings. The van der Waals surface area contributed by atoms with Gasteiger partial charge in [-0.05, 0) is 12.1 Å². The smallest absolute Gasteiger partial charge is 0.341 e. The van der Waals surface area contributed by atoms with E-state index >= 15 is 0 Å². The first-order valence-corrected chi connectivity index (χ1v) is 2.94. The van der Waals surface area contributed by atoms with Crippen molar-refractivity contribution in [3.63, 3.8) is 0 Å². The number of hydrogen-bond donors (Lipinski definition) is 2. The maximum atomic E-state index is 12.6. The number of benzene rings is 1. The van der Waals surface area contributed by atoms with E-state index in [0.29, 0.717) is 6.07 Å². The molecule has 0 radical (unpaired) electrons. The SMILES string of the molecule is O=C(O)c1c(F)ccc(O)c1F. The summed E-state index contributed by atoms with van der Waals surface area (Å²) in [6, 6.07) is 1.43. The van der Waals surface area contributed by atoms with Crippen LogP contribution in [0, 0.1) is 11.6 Å². The number of phenols is 1. The molecule has 0 aromatic heterocycles. The van der Waals surface area contributed by atoms with Gasteiger partial charge in [-0.25, -0.2) is 13.6 Å². The Balaban J connectivity index is 3.43.